The molecule has 1 fully saturated rings. The molecule has 0 N–H and O–H groups in total. The van der Waals surface area contributed by atoms with Crippen LogP contribution >= 0.6 is 0 Å². The summed E-state index contributed by atoms with van der Waals surface area (Å²) in [6, 6.07) is 64.7. The second-order valence-electron chi connectivity index (χ2n) is 10.8. The van der Waals surface area contributed by atoms with Crippen LogP contribution in [-0.2, 0) is 9.53 Å². The predicted octanol–water partition coefficient (Wildman–Crippen LogP) is 3.51. The highest BCUT2D eigenvalue weighted by Gasteiger charge is 2.66. The van der Waals surface area contributed by atoms with Crippen LogP contribution in [0.5, 0.6) is 0 Å². The minimum absolute atomic E-state index is 0.181. The third-order valence-corrected chi connectivity index (χ3v) is 19.4. The molecule has 208 valence electrons. The van der Waals surface area contributed by atoms with Gasteiger partial charge in [-0.2, -0.15) is 0 Å². The average Bonchev–Trinajstić information content (AvgIpc) is 3.82. The predicted molar refractivity (Wildman–Crippen MR) is 180 cm³/mol. The number of epoxide rings is 1. The summed E-state index contributed by atoms with van der Waals surface area (Å²) in [5.74, 6) is -0.181. The van der Waals surface area contributed by atoms with Crippen LogP contribution in [0.25, 0.3) is 0 Å². The van der Waals surface area contributed by atoms with E-state index in [0.29, 0.717) is 0 Å². The van der Waals surface area contributed by atoms with Crippen molar-refractivity contribution in [2.45, 2.75) is 6.23 Å². The second-order valence-corrected chi connectivity index (χ2v) is 18.5. The lowest BCUT2D eigenvalue weighted by Gasteiger charge is -2.52. The number of hydrogen-bond donors (Lipinski definition) is 0. The SMILES string of the molecule is O=C1OC1N([Si](c1ccccc1)(c1ccccc1)c1ccccc1)[Si](c1ccccc1)(c1ccccc1)c1ccccc1. The highest BCUT2D eigenvalue weighted by Crippen LogP contribution is 2.31. The lowest BCUT2D eigenvalue weighted by Crippen LogP contribution is -2.91. The molecule has 7 rings (SSSR count). The largest absolute Gasteiger partial charge is 0.432 e. The van der Waals surface area contributed by atoms with Gasteiger partial charge in [0.2, 0.25) is 22.7 Å². The highest BCUT2D eigenvalue weighted by atomic mass is 28.4. The van der Waals surface area contributed by atoms with Crippen LogP contribution in [0, 0.1) is 0 Å². The van der Waals surface area contributed by atoms with E-state index in [9.17, 15) is 4.79 Å². The molecule has 1 unspecified atom stereocenters. The van der Waals surface area contributed by atoms with E-state index >= 15 is 0 Å². The van der Waals surface area contributed by atoms with Crippen LogP contribution < -0.4 is 31.1 Å². The molecule has 0 amide bonds. The molecule has 1 aliphatic heterocycles. The van der Waals surface area contributed by atoms with E-state index in [1.54, 1.807) is 0 Å². The van der Waals surface area contributed by atoms with Crippen molar-refractivity contribution in [3.05, 3.63) is 182 Å². The Kier molecular flexibility index (Phi) is 7.21. The zero-order chi connectivity index (χ0) is 29.1. The van der Waals surface area contributed by atoms with Crippen LogP contribution in [0.3, 0.4) is 0 Å². The molecule has 0 aromatic heterocycles. The van der Waals surface area contributed by atoms with Gasteiger partial charge in [0.05, 0.1) is 0 Å². The van der Waals surface area contributed by atoms with E-state index in [2.05, 4.69) is 186 Å². The maximum absolute atomic E-state index is 13.6. The number of ether oxygens (including phenoxy) is 1. The van der Waals surface area contributed by atoms with Crippen molar-refractivity contribution in [1.29, 1.82) is 0 Å². The molecule has 43 heavy (non-hydrogen) atoms. The molecular formula is C38H31NO2Si2. The van der Waals surface area contributed by atoms with Crippen LogP contribution in [0.1, 0.15) is 0 Å². The minimum atomic E-state index is -3.23. The van der Waals surface area contributed by atoms with Crippen molar-refractivity contribution in [1.82, 2.24) is 4.23 Å². The Morgan fingerprint density at radius 1 is 0.372 bits per heavy atom. The molecular weight excluding hydrogens is 559 g/mol. The fourth-order valence-corrected chi connectivity index (χ4v) is 19.8. The Morgan fingerprint density at radius 3 is 0.721 bits per heavy atom. The smallest absolute Gasteiger partial charge is 0.364 e. The average molecular weight is 590 g/mol. The van der Waals surface area contributed by atoms with Crippen LogP contribution in [0.15, 0.2) is 182 Å². The van der Waals surface area contributed by atoms with Crippen LogP contribution in [0.4, 0.5) is 0 Å². The summed E-state index contributed by atoms with van der Waals surface area (Å²) >= 11 is 0. The Balaban J connectivity index is 1.72. The van der Waals surface area contributed by atoms with Gasteiger partial charge in [0, 0.05) is 0 Å². The number of benzene rings is 6. The van der Waals surface area contributed by atoms with Crippen molar-refractivity contribution in [3.8, 4) is 0 Å². The fourth-order valence-electron chi connectivity index (χ4n) is 6.75. The van der Waals surface area contributed by atoms with Gasteiger partial charge < -0.3 is 4.74 Å². The molecule has 0 saturated carbocycles. The van der Waals surface area contributed by atoms with Gasteiger partial charge >= 0.3 is 5.97 Å². The summed E-state index contributed by atoms with van der Waals surface area (Å²) in [6.45, 7) is 0. The molecule has 3 nitrogen and oxygen atoms in total. The Morgan fingerprint density at radius 2 is 0.558 bits per heavy atom. The van der Waals surface area contributed by atoms with E-state index in [1.807, 2.05) is 0 Å². The van der Waals surface area contributed by atoms with Gasteiger partial charge in [0.25, 0.3) is 0 Å². The number of carbonyl (C=O) groups is 1. The standard InChI is InChI=1S/C38H31NO2Si2/c40-38-37(41-38)39(42(31-19-7-1-8-20-31,32-21-9-2-10-22-32)33-23-11-3-12-24-33)43(34-25-13-4-14-26-34,35-27-15-5-16-28-35)36-29-17-6-18-30-36/h1-30,37H. The van der Waals surface area contributed by atoms with E-state index in [4.69, 9.17) is 4.74 Å². The van der Waals surface area contributed by atoms with E-state index in [1.165, 1.54) is 31.1 Å². The van der Waals surface area contributed by atoms with Crippen molar-refractivity contribution in [2.75, 3.05) is 0 Å². The summed E-state index contributed by atoms with van der Waals surface area (Å²) in [6.07, 6.45) is -0.695. The normalized spacial score (nSPS) is 14.7. The van der Waals surface area contributed by atoms with Crippen molar-refractivity contribution < 1.29 is 9.53 Å². The van der Waals surface area contributed by atoms with Gasteiger partial charge in [-0.05, 0) is 31.1 Å². The fraction of sp³-hybridized carbons (Fsp3) is 0.0263. The van der Waals surface area contributed by atoms with E-state index in [-0.39, 0.29) is 5.97 Å². The lowest BCUT2D eigenvalue weighted by molar-refractivity contribution is -0.117. The summed E-state index contributed by atoms with van der Waals surface area (Å²) in [7, 11) is -6.46. The highest BCUT2D eigenvalue weighted by molar-refractivity contribution is 7.22. The molecule has 0 bridgehead atoms. The molecule has 1 heterocycles. The van der Waals surface area contributed by atoms with E-state index in [0.717, 1.165) is 0 Å². The Labute approximate surface area is 254 Å². The Bertz CT molecular complexity index is 1480. The first-order chi connectivity index (χ1) is 21.3. The molecule has 1 atom stereocenters. The first-order valence-electron chi connectivity index (χ1n) is 14.6. The van der Waals surface area contributed by atoms with Gasteiger partial charge in [-0.1, -0.05) is 182 Å². The molecule has 5 heteroatoms. The number of cyclic esters (lactones) is 1. The topological polar surface area (TPSA) is 32.8 Å². The van der Waals surface area contributed by atoms with Crippen molar-refractivity contribution in [3.63, 3.8) is 0 Å². The Hall–Kier alpha value is -4.82. The van der Waals surface area contributed by atoms with Crippen molar-refractivity contribution in [2.24, 2.45) is 0 Å². The van der Waals surface area contributed by atoms with Crippen LogP contribution in [0.2, 0.25) is 0 Å². The monoisotopic (exact) mass is 589 g/mol. The number of nitrogens with zero attached hydrogens (tertiary/aromatic N) is 1. The zero-order valence-electron chi connectivity index (χ0n) is 23.7. The first kappa shape index (κ1) is 27.0. The second kappa shape index (κ2) is 11.5. The van der Waals surface area contributed by atoms with Crippen LogP contribution in [-0.4, -0.2) is 32.9 Å². The minimum Gasteiger partial charge on any atom is -0.432 e. The van der Waals surface area contributed by atoms with Gasteiger partial charge in [0.1, 0.15) is 0 Å². The molecule has 1 aliphatic rings. The maximum Gasteiger partial charge on any atom is 0.364 e. The zero-order valence-corrected chi connectivity index (χ0v) is 25.7. The third kappa shape index (κ3) is 4.50. The first-order valence-corrected chi connectivity index (χ1v) is 18.5. The number of hydrogen-bond acceptors (Lipinski definition) is 3. The van der Waals surface area contributed by atoms with Gasteiger partial charge in [0.15, 0.2) is 0 Å². The molecule has 0 spiro atoms. The summed E-state index contributed by atoms with van der Waals surface area (Å²) in [5.41, 5.74) is 0. The molecule has 6 aromatic carbocycles. The summed E-state index contributed by atoms with van der Waals surface area (Å²) in [5, 5.41) is 7.22. The molecule has 6 aromatic rings. The summed E-state index contributed by atoms with van der Waals surface area (Å²) < 4.78 is 8.68. The molecule has 1 saturated heterocycles. The third-order valence-electron chi connectivity index (χ3n) is 8.48. The molecule has 0 radical (unpaired) electrons. The van der Waals surface area contributed by atoms with Gasteiger partial charge in [-0.25, -0.2) is 4.79 Å². The number of rotatable bonds is 9. The summed E-state index contributed by atoms with van der Waals surface area (Å²) in [4.78, 5) is 13.6. The molecule has 0 aliphatic carbocycles. The quantitative estimate of drug-likeness (QED) is 0.147. The maximum atomic E-state index is 13.6. The number of carbonyl (C=O) groups excluding carboxylic acids is 1. The lowest BCUT2D eigenvalue weighted by atomic mass is 10.3. The van der Waals surface area contributed by atoms with E-state index < -0.39 is 22.7 Å². The van der Waals surface area contributed by atoms with Gasteiger partial charge in [-0.15, -0.1) is 0 Å². The van der Waals surface area contributed by atoms with Gasteiger partial charge in [-0.3, -0.25) is 4.23 Å². The van der Waals surface area contributed by atoms with Crippen molar-refractivity contribution >= 4 is 53.6 Å².